The molecule has 1 amide bonds. The molecule has 1 atom stereocenters. The molecule has 2 rings (SSSR count). The minimum absolute atomic E-state index is 0.224. The van der Waals surface area contributed by atoms with Crippen LogP contribution >= 0.6 is 82.6 Å². The summed E-state index contributed by atoms with van der Waals surface area (Å²) in [5.41, 5.74) is 1.41. The Morgan fingerprint density at radius 1 is 1.00 bits per heavy atom. The molecule has 0 aliphatic heterocycles. The van der Waals surface area contributed by atoms with Crippen LogP contribution in [0.25, 0.3) is 0 Å². The molecule has 0 fully saturated rings. The van der Waals surface area contributed by atoms with Crippen molar-refractivity contribution < 1.29 is 4.79 Å². The molecule has 0 aliphatic carbocycles. The van der Waals surface area contributed by atoms with Crippen molar-refractivity contribution in [2.45, 2.75) is 8.31 Å². The number of carbonyl (C=O) groups is 1. The molecule has 4 nitrogen and oxygen atoms in total. The number of halogens is 4. The molecular formula is C16H13Br3IN3OS. The predicted molar refractivity (Wildman–Crippen MR) is 126 cm³/mol. The number of carbonyl (C=O) groups excluding carboxylic acids is 1. The van der Waals surface area contributed by atoms with E-state index in [1.807, 2.05) is 42.5 Å². The molecule has 0 aliphatic rings. The van der Waals surface area contributed by atoms with E-state index in [2.05, 4.69) is 86.3 Å². The first-order valence-electron chi connectivity index (χ1n) is 7.01. The summed E-state index contributed by atoms with van der Waals surface area (Å²) in [6.45, 7) is 0. The number of thiocarbonyl (C=S) groups is 1. The third kappa shape index (κ3) is 7.12. The SMILES string of the molecule is O=C(N[C@@H](NC(=S)Nc1ccc(I)cc1)C(Br)(Br)Br)c1ccccc1. The molecule has 0 unspecified atom stereocenters. The number of hydrogen-bond acceptors (Lipinski definition) is 2. The van der Waals surface area contributed by atoms with Crippen LogP contribution in [-0.4, -0.2) is 19.3 Å². The van der Waals surface area contributed by atoms with E-state index in [-0.39, 0.29) is 5.91 Å². The van der Waals surface area contributed by atoms with Crippen molar-refractivity contribution >= 4 is 99.3 Å². The number of alkyl halides is 3. The molecule has 2 aromatic rings. The van der Waals surface area contributed by atoms with Crippen LogP contribution in [-0.2, 0) is 0 Å². The largest absolute Gasteiger partial charge is 0.340 e. The highest BCUT2D eigenvalue weighted by Crippen LogP contribution is 2.36. The van der Waals surface area contributed by atoms with Gasteiger partial charge in [0.15, 0.2) is 7.26 Å². The number of amides is 1. The Morgan fingerprint density at radius 2 is 1.60 bits per heavy atom. The van der Waals surface area contributed by atoms with E-state index >= 15 is 0 Å². The molecule has 0 bridgehead atoms. The molecule has 0 saturated heterocycles. The topological polar surface area (TPSA) is 53.2 Å². The van der Waals surface area contributed by atoms with Crippen LogP contribution in [0.1, 0.15) is 10.4 Å². The fraction of sp³-hybridized carbons (Fsp3) is 0.125. The van der Waals surface area contributed by atoms with Gasteiger partial charge in [-0.3, -0.25) is 4.79 Å². The maximum absolute atomic E-state index is 12.4. The van der Waals surface area contributed by atoms with Gasteiger partial charge < -0.3 is 16.0 Å². The van der Waals surface area contributed by atoms with Crippen molar-refractivity contribution in [1.29, 1.82) is 0 Å². The van der Waals surface area contributed by atoms with E-state index in [0.29, 0.717) is 10.7 Å². The summed E-state index contributed by atoms with van der Waals surface area (Å²) in [5.74, 6) is -0.224. The highest BCUT2D eigenvalue weighted by molar-refractivity contribution is 14.1. The van der Waals surface area contributed by atoms with Crippen molar-refractivity contribution in [3.63, 3.8) is 0 Å². The molecule has 0 aromatic heterocycles. The Hall–Kier alpha value is -0.230. The fourth-order valence-electron chi connectivity index (χ4n) is 1.84. The van der Waals surface area contributed by atoms with Crippen LogP contribution < -0.4 is 16.0 Å². The predicted octanol–water partition coefficient (Wildman–Crippen LogP) is 5.17. The van der Waals surface area contributed by atoms with E-state index in [1.54, 1.807) is 12.1 Å². The quantitative estimate of drug-likeness (QED) is 0.183. The summed E-state index contributed by atoms with van der Waals surface area (Å²) in [6, 6.07) is 16.8. The van der Waals surface area contributed by atoms with Gasteiger partial charge in [0.2, 0.25) is 0 Å². The summed E-state index contributed by atoms with van der Waals surface area (Å²) in [6.07, 6.45) is -0.566. The number of hydrogen-bond donors (Lipinski definition) is 3. The van der Waals surface area contributed by atoms with Gasteiger partial charge in [0.05, 0.1) is 0 Å². The zero-order valence-electron chi connectivity index (χ0n) is 12.6. The van der Waals surface area contributed by atoms with E-state index in [4.69, 9.17) is 12.2 Å². The number of anilines is 1. The molecule has 0 spiro atoms. The number of benzene rings is 2. The second-order valence-corrected chi connectivity index (χ2v) is 13.5. The average molecular weight is 662 g/mol. The Labute approximate surface area is 190 Å². The molecule has 0 heterocycles. The first-order valence-corrected chi connectivity index (χ1v) is 10.9. The van der Waals surface area contributed by atoms with E-state index in [9.17, 15) is 4.79 Å². The molecule has 3 N–H and O–H groups in total. The zero-order valence-corrected chi connectivity index (χ0v) is 20.3. The third-order valence-corrected chi connectivity index (χ3v) is 5.33. The van der Waals surface area contributed by atoms with Crippen molar-refractivity contribution in [2.75, 3.05) is 5.32 Å². The van der Waals surface area contributed by atoms with Gasteiger partial charge in [-0.05, 0) is 71.2 Å². The monoisotopic (exact) mass is 659 g/mol. The molecule has 25 heavy (non-hydrogen) atoms. The summed E-state index contributed by atoms with van der Waals surface area (Å²) in [7, 11) is 0. The van der Waals surface area contributed by atoms with E-state index < -0.39 is 8.31 Å². The standard InChI is InChI=1S/C16H13Br3IN3OS/c17-16(18,19)14(22-13(24)10-4-2-1-3-5-10)23-15(25)21-12-8-6-11(20)7-9-12/h1-9,14H,(H,22,24)(H2,21,23,25)/t14-/m0/s1. The lowest BCUT2D eigenvalue weighted by Gasteiger charge is -2.28. The van der Waals surface area contributed by atoms with Crippen molar-refractivity contribution in [2.24, 2.45) is 0 Å². The van der Waals surface area contributed by atoms with E-state index in [0.717, 1.165) is 9.26 Å². The average Bonchev–Trinajstić information content (AvgIpc) is 2.56. The Kier molecular flexibility index (Phi) is 8.12. The zero-order chi connectivity index (χ0) is 18.4. The van der Waals surface area contributed by atoms with Crippen molar-refractivity contribution in [3.05, 3.63) is 63.7 Å². The second-order valence-electron chi connectivity index (χ2n) is 4.92. The maximum atomic E-state index is 12.4. The number of rotatable bonds is 4. The van der Waals surface area contributed by atoms with E-state index in [1.165, 1.54) is 0 Å². The minimum atomic E-state index is -0.782. The van der Waals surface area contributed by atoms with Gasteiger partial charge in [-0.2, -0.15) is 0 Å². The summed E-state index contributed by atoms with van der Waals surface area (Å²) in [5, 5.41) is 9.41. The van der Waals surface area contributed by atoms with Crippen molar-refractivity contribution in [1.82, 2.24) is 10.6 Å². The lowest BCUT2D eigenvalue weighted by molar-refractivity contribution is 0.0936. The van der Waals surface area contributed by atoms with Crippen molar-refractivity contribution in [3.8, 4) is 0 Å². The van der Waals surface area contributed by atoms with Gasteiger partial charge in [0.25, 0.3) is 5.91 Å². The molecule has 9 heteroatoms. The lowest BCUT2D eigenvalue weighted by Crippen LogP contribution is -2.55. The van der Waals surface area contributed by atoms with Gasteiger partial charge in [0.1, 0.15) is 6.17 Å². The van der Waals surface area contributed by atoms with Gasteiger partial charge in [-0.15, -0.1) is 0 Å². The smallest absolute Gasteiger partial charge is 0.252 e. The van der Waals surface area contributed by atoms with Gasteiger partial charge >= 0.3 is 0 Å². The fourth-order valence-corrected chi connectivity index (χ4v) is 3.12. The normalized spacial score (nSPS) is 12.2. The lowest BCUT2D eigenvalue weighted by atomic mass is 10.2. The first kappa shape index (κ1) is 21.1. The van der Waals surface area contributed by atoms with Gasteiger partial charge in [-0.1, -0.05) is 66.0 Å². The first-order chi connectivity index (χ1) is 11.8. The minimum Gasteiger partial charge on any atom is -0.340 e. The number of nitrogens with one attached hydrogen (secondary N) is 3. The van der Waals surface area contributed by atoms with Crippen LogP contribution in [0.3, 0.4) is 0 Å². The maximum Gasteiger partial charge on any atom is 0.252 e. The Balaban J connectivity index is 2.03. The van der Waals surface area contributed by atoms with Crippen LogP contribution in [0.5, 0.6) is 0 Å². The van der Waals surface area contributed by atoms with Crippen LogP contribution in [0.2, 0.25) is 0 Å². The second kappa shape index (κ2) is 9.63. The Morgan fingerprint density at radius 3 is 2.16 bits per heavy atom. The van der Waals surface area contributed by atoms with Crippen LogP contribution in [0, 0.1) is 3.57 Å². The Bertz CT molecular complexity index is 739. The molecule has 2 aromatic carbocycles. The molecule has 132 valence electrons. The van der Waals surface area contributed by atoms with Crippen LogP contribution in [0.4, 0.5) is 5.69 Å². The third-order valence-electron chi connectivity index (χ3n) is 3.02. The van der Waals surface area contributed by atoms with Gasteiger partial charge in [-0.25, -0.2) is 0 Å². The highest BCUT2D eigenvalue weighted by Gasteiger charge is 2.33. The summed E-state index contributed by atoms with van der Waals surface area (Å²) < 4.78 is 0.352. The molecular weight excluding hydrogens is 649 g/mol. The summed E-state index contributed by atoms with van der Waals surface area (Å²) >= 11 is 17.9. The molecule has 0 saturated carbocycles. The molecule has 0 radical (unpaired) electrons. The van der Waals surface area contributed by atoms with Gasteiger partial charge in [0, 0.05) is 14.8 Å². The highest BCUT2D eigenvalue weighted by atomic mass is 127. The summed E-state index contributed by atoms with van der Waals surface area (Å²) in [4.78, 5) is 12.4. The van der Waals surface area contributed by atoms with Crippen LogP contribution in [0.15, 0.2) is 54.6 Å².